The van der Waals surface area contributed by atoms with Gasteiger partial charge < -0.3 is 10.1 Å². The van der Waals surface area contributed by atoms with Crippen molar-refractivity contribution in [3.8, 4) is 5.69 Å². The van der Waals surface area contributed by atoms with Gasteiger partial charge in [-0.2, -0.15) is 5.10 Å². The fraction of sp³-hybridized carbons (Fsp3) is 0.357. The average Bonchev–Trinajstić information content (AvgIpc) is 2.81. The van der Waals surface area contributed by atoms with Crippen LogP contribution >= 0.6 is 15.9 Å². The number of nitrogens with one attached hydrogen (secondary N) is 1. The van der Waals surface area contributed by atoms with E-state index in [1.54, 1.807) is 13.3 Å². The first-order valence-electron chi connectivity index (χ1n) is 6.20. The van der Waals surface area contributed by atoms with Crippen LogP contribution in [0.25, 0.3) is 5.69 Å². The smallest absolute Gasteiger partial charge is 0.0691 e. The maximum Gasteiger partial charge on any atom is 0.0691 e. The van der Waals surface area contributed by atoms with Crippen molar-refractivity contribution in [2.45, 2.75) is 13.5 Å². The Labute approximate surface area is 121 Å². The Bertz CT molecular complexity index is 539. The number of aryl methyl sites for hydroxylation is 1. The summed E-state index contributed by atoms with van der Waals surface area (Å²) in [6, 6.07) is 6.39. The van der Waals surface area contributed by atoms with E-state index in [1.165, 1.54) is 11.1 Å². The van der Waals surface area contributed by atoms with E-state index in [4.69, 9.17) is 4.74 Å². The first-order chi connectivity index (χ1) is 9.20. The van der Waals surface area contributed by atoms with Crippen LogP contribution in [0.4, 0.5) is 0 Å². The molecule has 1 aromatic heterocycles. The predicted octanol–water partition coefficient (Wildman–Crippen LogP) is 2.68. The van der Waals surface area contributed by atoms with Gasteiger partial charge in [0.2, 0.25) is 0 Å². The molecule has 0 fully saturated rings. The zero-order valence-corrected chi connectivity index (χ0v) is 12.8. The average molecular weight is 324 g/mol. The quantitative estimate of drug-likeness (QED) is 0.831. The number of halogens is 1. The van der Waals surface area contributed by atoms with Gasteiger partial charge in [0.15, 0.2) is 0 Å². The number of hydrogen-bond acceptors (Lipinski definition) is 3. The molecule has 0 aliphatic carbocycles. The van der Waals surface area contributed by atoms with Crippen LogP contribution in [0.15, 0.2) is 35.1 Å². The van der Waals surface area contributed by atoms with Gasteiger partial charge in [0.25, 0.3) is 0 Å². The lowest BCUT2D eigenvalue weighted by Crippen LogP contribution is -2.19. The summed E-state index contributed by atoms with van der Waals surface area (Å²) >= 11 is 3.43. The van der Waals surface area contributed by atoms with Gasteiger partial charge in [0, 0.05) is 26.4 Å². The molecular weight excluding hydrogens is 306 g/mol. The van der Waals surface area contributed by atoms with Crippen molar-refractivity contribution >= 4 is 15.9 Å². The zero-order chi connectivity index (χ0) is 13.7. The molecule has 4 nitrogen and oxygen atoms in total. The van der Waals surface area contributed by atoms with Crippen LogP contribution in [-0.2, 0) is 11.3 Å². The maximum atomic E-state index is 5.04. The minimum absolute atomic E-state index is 0.717. The molecule has 2 aromatic rings. The van der Waals surface area contributed by atoms with Gasteiger partial charge in [-0.3, -0.25) is 0 Å². The second-order valence-electron chi connectivity index (χ2n) is 4.40. The van der Waals surface area contributed by atoms with Crippen LogP contribution in [0.2, 0.25) is 0 Å². The Morgan fingerprint density at radius 1 is 1.42 bits per heavy atom. The second-order valence-corrected chi connectivity index (χ2v) is 5.32. The van der Waals surface area contributed by atoms with Crippen LogP contribution in [0.1, 0.15) is 11.1 Å². The molecule has 1 N–H and O–H groups in total. The van der Waals surface area contributed by atoms with Crippen molar-refractivity contribution in [1.82, 2.24) is 15.1 Å². The molecule has 5 heteroatoms. The first kappa shape index (κ1) is 14.2. The van der Waals surface area contributed by atoms with Crippen molar-refractivity contribution in [1.29, 1.82) is 0 Å². The molecule has 0 spiro atoms. The van der Waals surface area contributed by atoms with Gasteiger partial charge in [0.05, 0.1) is 23.0 Å². The summed E-state index contributed by atoms with van der Waals surface area (Å²) in [4.78, 5) is 0. The SMILES string of the molecule is COCCNCc1cc(C)ccc1-n1cc(Br)cn1. The minimum atomic E-state index is 0.717. The first-order valence-corrected chi connectivity index (χ1v) is 6.99. The molecule has 0 amide bonds. The molecule has 0 aliphatic heterocycles. The third-order valence-electron chi connectivity index (χ3n) is 2.83. The Hall–Kier alpha value is -1.17. The molecular formula is C14H18BrN3O. The van der Waals surface area contributed by atoms with Crippen molar-refractivity contribution in [3.63, 3.8) is 0 Å². The molecule has 1 aromatic carbocycles. The van der Waals surface area contributed by atoms with Gasteiger partial charge in [-0.15, -0.1) is 0 Å². The van der Waals surface area contributed by atoms with Gasteiger partial charge in [-0.05, 0) is 34.5 Å². The fourth-order valence-electron chi connectivity index (χ4n) is 1.91. The van der Waals surface area contributed by atoms with Crippen molar-refractivity contribution in [3.05, 3.63) is 46.2 Å². The molecule has 1 heterocycles. The summed E-state index contributed by atoms with van der Waals surface area (Å²) in [6.07, 6.45) is 3.76. The number of nitrogens with zero attached hydrogens (tertiary/aromatic N) is 2. The minimum Gasteiger partial charge on any atom is -0.383 e. The highest BCUT2D eigenvalue weighted by molar-refractivity contribution is 9.10. The number of methoxy groups -OCH3 is 1. The molecule has 19 heavy (non-hydrogen) atoms. The van der Waals surface area contributed by atoms with Crippen LogP contribution in [0.5, 0.6) is 0 Å². The van der Waals surface area contributed by atoms with Gasteiger partial charge in [0.1, 0.15) is 0 Å². The number of aromatic nitrogens is 2. The largest absolute Gasteiger partial charge is 0.383 e. The predicted molar refractivity (Wildman–Crippen MR) is 79.6 cm³/mol. The standard InChI is InChI=1S/C14H18BrN3O/c1-11-3-4-14(18-10-13(15)9-17-18)12(7-11)8-16-5-6-19-2/h3-4,7,9-10,16H,5-6,8H2,1-2H3. The van der Waals surface area contributed by atoms with E-state index in [-0.39, 0.29) is 0 Å². The third-order valence-corrected chi connectivity index (χ3v) is 3.24. The topological polar surface area (TPSA) is 39.1 Å². The molecule has 0 saturated heterocycles. The molecule has 0 unspecified atom stereocenters. The summed E-state index contributed by atoms with van der Waals surface area (Å²) in [6.45, 7) is 4.46. The van der Waals surface area contributed by atoms with Crippen LogP contribution in [0.3, 0.4) is 0 Å². The van der Waals surface area contributed by atoms with Gasteiger partial charge in [-0.25, -0.2) is 4.68 Å². The monoisotopic (exact) mass is 323 g/mol. The highest BCUT2D eigenvalue weighted by Crippen LogP contribution is 2.18. The lowest BCUT2D eigenvalue weighted by Gasteiger charge is -2.11. The van der Waals surface area contributed by atoms with E-state index in [1.807, 2.05) is 10.9 Å². The molecule has 102 valence electrons. The lowest BCUT2D eigenvalue weighted by molar-refractivity contribution is 0.199. The highest BCUT2D eigenvalue weighted by Gasteiger charge is 2.06. The van der Waals surface area contributed by atoms with Gasteiger partial charge in [-0.1, -0.05) is 17.7 Å². The Morgan fingerprint density at radius 3 is 2.95 bits per heavy atom. The van der Waals surface area contributed by atoms with Crippen molar-refractivity contribution < 1.29 is 4.74 Å². The van der Waals surface area contributed by atoms with Crippen molar-refractivity contribution in [2.75, 3.05) is 20.3 Å². The maximum absolute atomic E-state index is 5.04. The Balaban J connectivity index is 2.18. The van der Waals surface area contributed by atoms with E-state index in [2.05, 4.69) is 51.5 Å². The summed E-state index contributed by atoms with van der Waals surface area (Å²) in [5.74, 6) is 0. The van der Waals surface area contributed by atoms with Crippen LogP contribution < -0.4 is 5.32 Å². The van der Waals surface area contributed by atoms with Gasteiger partial charge >= 0.3 is 0 Å². The number of ether oxygens (including phenoxy) is 1. The lowest BCUT2D eigenvalue weighted by atomic mass is 10.1. The zero-order valence-electron chi connectivity index (χ0n) is 11.2. The summed E-state index contributed by atoms with van der Waals surface area (Å²) in [5, 5.41) is 7.71. The fourth-order valence-corrected chi connectivity index (χ4v) is 2.19. The molecule has 2 rings (SSSR count). The van der Waals surface area contributed by atoms with Crippen LogP contribution in [0, 0.1) is 6.92 Å². The second kappa shape index (κ2) is 6.84. The third kappa shape index (κ3) is 3.89. The molecule has 0 bridgehead atoms. The molecule has 0 aliphatic rings. The molecule has 0 saturated carbocycles. The molecule has 0 atom stereocenters. The van der Waals surface area contributed by atoms with E-state index < -0.39 is 0 Å². The van der Waals surface area contributed by atoms with E-state index in [9.17, 15) is 0 Å². The highest BCUT2D eigenvalue weighted by atomic mass is 79.9. The van der Waals surface area contributed by atoms with E-state index in [0.717, 1.165) is 23.2 Å². The van der Waals surface area contributed by atoms with Crippen LogP contribution in [-0.4, -0.2) is 30.0 Å². The number of benzene rings is 1. The summed E-state index contributed by atoms with van der Waals surface area (Å²) < 4.78 is 7.90. The van der Waals surface area contributed by atoms with E-state index in [0.29, 0.717) is 6.61 Å². The molecule has 0 radical (unpaired) electrons. The Morgan fingerprint density at radius 2 is 2.26 bits per heavy atom. The van der Waals surface area contributed by atoms with E-state index >= 15 is 0 Å². The Kier molecular flexibility index (Phi) is 5.13. The summed E-state index contributed by atoms with van der Waals surface area (Å²) in [5.41, 5.74) is 3.58. The normalized spacial score (nSPS) is 10.9. The number of rotatable bonds is 6. The summed E-state index contributed by atoms with van der Waals surface area (Å²) in [7, 11) is 1.71. The van der Waals surface area contributed by atoms with Crippen molar-refractivity contribution in [2.24, 2.45) is 0 Å². The number of hydrogen-bond donors (Lipinski definition) is 1.